The lowest BCUT2D eigenvalue weighted by Gasteiger charge is -2.35. The number of amides is 2. The van der Waals surface area contributed by atoms with Crippen LogP contribution in [0, 0.1) is 0 Å². The fourth-order valence-electron chi connectivity index (χ4n) is 1.83. The smallest absolute Gasteiger partial charge is 0.430 e. The molecule has 0 aliphatic carbocycles. The zero-order valence-electron chi connectivity index (χ0n) is 13.2. The molecule has 8 heteroatoms. The van der Waals surface area contributed by atoms with E-state index in [1.807, 2.05) is 0 Å². The van der Waals surface area contributed by atoms with E-state index in [9.17, 15) is 14.4 Å². The summed E-state index contributed by atoms with van der Waals surface area (Å²) in [5, 5.41) is 1.27. The van der Waals surface area contributed by atoms with E-state index in [1.54, 1.807) is 38.1 Å². The van der Waals surface area contributed by atoms with Crippen LogP contribution in [-0.4, -0.2) is 36.7 Å². The number of aldehydes is 1. The van der Waals surface area contributed by atoms with Crippen molar-refractivity contribution in [2.24, 2.45) is 0 Å². The second-order valence-corrected chi connectivity index (χ2v) is 5.08. The first-order chi connectivity index (χ1) is 10.9. The molecule has 23 heavy (non-hydrogen) atoms. The van der Waals surface area contributed by atoms with Gasteiger partial charge in [0.2, 0.25) is 0 Å². The van der Waals surface area contributed by atoms with Crippen LogP contribution in [-0.2, 0) is 19.8 Å². The standard InChI is InChI=1S/C15H19ClN2O5/c1-4-22-13(20)17-18(14(21)23-5-2)15(3,10-19)11-6-8-12(16)9-7-11/h6-10H,4-5H2,1-3H3,(H,17,20)/t15-/m1/s1. The normalized spacial score (nSPS) is 12.7. The Kier molecular flexibility index (Phi) is 6.84. The van der Waals surface area contributed by atoms with Crippen molar-refractivity contribution in [3.63, 3.8) is 0 Å². The molecule has 126 valence electrons. The predicted molar refractivity (Wildman–Crippen MR) is 83.9 cm³/mol. The van der Waals surface area contributed by atoms with Crippen molar-refractivity contribution in [2.75, 3.05) is 13.2 Å². The van der Waals surface area contributed by atoms with E-state index < -0.39 is 17.7 Å². The van der Waals surface area contributed by atoms with E-state index in [4.69, 9.17) is 21.1 Å². The molecule has 1 N–H and O–H groups in total. The van der Waals surface area contributed by atoms with Crippen LogP contribution >= 0.6 is 11.6 Å². The minimum absolute atomic E-state index is 0.0788. The lowest BCUT2D eigenvalue weighted by molar-refractivity contribution is -0.119. The molecule has 0 saturated heterocycles. The van der Waals surface area contributed by atoms with Gasteiger partial charge in [-0.3, -0.25) is 0 Å². The Morgan fingerprint density at radius 3 is 2.26 bits per heavy atom. The summed E-state index contributed by atoms with van der Waals surface area (Å²) in [6, 6.07) is 6.31. The van der Waals surface area contributed by atoms with Crippen molar-refractivity contribution < 1.29 is 23.9 Å². The van der Waals surface area contributed by atoms with Gasteiger partial charge in [0.05, 0.1) is 13.2 Å². The fourth-order valence-corrected chi connectivity index (χ4v) is 1.96. The van der Waals surface area contributed by atoms with Crippen molar-refractivity contribution in [1.29, 1.82) is 0 Å². The van der Waals surface area contributed by atoms with Crippen LogP contribution in [0.25, 0.3) is 0 Å². The molecule has 0 spiro atoms. The molecule has 2 amide bonds. The molecule has 1 rings (SSSR count). The Bertz CT molecular complexity index is 563. The van der Waals surface area contributed by atoms with Gasteiger partial charge in [0.15, 0.2) is 6.29 Å². The second kappa shape index (κ2) is 8.38. The molecule has 1 atom stereocenters. The molecule has 7 nitrogen and oxygen atoms in total. The first-order valence-corrected chi connectivity index (χ1v) is 7.39. The molecule has 0 aliphatic rings. The van der Waals surface area contributed by atoms with Crippen LogP contribution in [0.5, 0.6) is 0 Å². The summed E-state index contributed by atoms with van der Waals surface area (Å²) in [6.45, 7) is 4.89. The summed E-state index contributed by atoms with van der Waals surface area (Å²) in [7, 11) is 0. The molecule has 0 saturated carbocycles. The molecular formula is C15H19ClN2O5. The predicted octanol–water partition coefficient (Wildman–Crippen LogP) is 2.87. The quantitative estimate of drug-likeness (QED) is 0.657. The molecular weight excluding hydrogens is 324 g/mol. The highest BCUT2D eigenvalue weighted by molar-refractivity contribution is 6.30. The minimum atomic E-state index is -1.50. The topological polar surface area (TPSA) is 84.9 Å². The third-order valence-electron chi connectivity index (χ3n) is 3.05. The lowest BCUT2D eigenvalue weighted by atomic mass is 9.93. The number of nitrogens with one attached hydrogen (secondary N) is 1. The van der Waals surface area contributed by atoms with Gasteiger partial charge in [-0.05, 0) is 38.5 Å². The average Bonchev–Trinajstić information content (AvgIpc) is 2.53. The molecule has 0 heterocycles. The number of hydrazine groups is 1. The van der Waals surface area contributed by atoms with Crippen LogP contribution in [0.1, 0.15) is 26.3 Å². The Morgan fingerprint density at radius 1 is 1.22 bits per heavy atom. The van der Waals surface area contributed by atoms with Crippen LogP contribution in [0.15, 0.2) is 24.3 Å². The van der Waals surface area contributed by atoms with Crippen molar-refractivity contribution in [2.45, 2.75) is 26.3 Å². The minimum Gasteiger partial charge on any atom is -0.449 e. The number of carbonyl (C=O) groups is 3. The SMILES string of the molecule is CCOC(=O)NN(C(=O)OCC)[C@](C)(C=O)c1ccc(Cl)cc1. The van der Waals surface area contributed by atoms with Crippen molar-refractivity contribution in [1.82, 2.24) is 10.4 Å². The maximum absolute atomic E-state index is 12.2. The Morgan fingerprint density at radius 2 is 1.78 bits per heavy atom. The maximum Gasteiger partial charge on any atom is 0.430 e. The van der Waals surface area contributed by atoms with E-state index in [-0.39, 0.29) is 13.2 Å². The monoisotopic (exact) mass is 342 g/mol. The van der Waals surface area contributed by atoms with Gasteiger partial charge in [0.25, 0.3) is 0 Å². The number of halogens is 1. The summed E-state index contributed by atoms with van der Waals surface area (Å²) in [4.78, 5) is 35.6. The van der Waals surface area contributed by atoms with E-state index in [0.717, 1.165) is 5.01 Å². The van der Waals surface area contributed by atoms with Gasteiger partial charge in [0, 0.05) is 5.02 Å². The highest BCUT2D eigenvalue weighted by Gasteiger charge is 2.40. The number of hydrogen-bond acceptors (Lipinski definition) is 5. The highest BCUT2D eigenvalue weighted by Crippen LogP contribution is 2.27. The fraction of sp³-hybridized carbons (Fsp3) is 0.400. The Labute approximate surface area is 139 Å². The average molecular weight is 343 g/mol. The van der Waals surface area contributed by atoms with Gasteiger partial charge in [-0.15, -0.1) is 0 Å². The van der Waals surface area contributed by atoms with Gasteiger partial charge in [-0.2, -0.15) is 5.01 Å². The summed E-state index contributed by atoms with van der Waals surface area (Å²) in [5.74, 6) is 0. The molecule has 0 bridgehead atoms. The summed E-state index contributed by atoms with van der Waals surface area (Å²) in [6.07, 6.45) is -1.23. The number of hydrogen-bond donors (Lipinski definition) is 1. The van der Waals surface area contributed by atoms with E-state index in [0.29, 0.717) is 16.9 Å². The van der Waals surface area contributed by atoms with Crippen molar-refractivity contribution in [3.8, 4) is 0 Å². The largest absolute Gasteiger partial charge is 0.449 e. The molecule has 0 fully saturated rings. The van der Waals surface area contributed by atoms with E-state index in [1.165, 1.54) is 6.92 Å². The van der Waals surface area contributed by atoms with E-state index in [2.05, 4.69) is 5.43 Å². The summed E-state index contributed by atoms with van der Waals surface area (Å²) < 4.78 is 9.67. The van der Waals surface area contributed by atoms with Crippen molar-refractivity contribution in [3.05, 3.63) is 34.9 Å². The summed E-state index contributed by atoms with van der Waals surface area (Å²) >= 11 is 5.84. The first kappa shape index (κ1) is 18.8. The Hall–Kier alpha value is -2.28. The summed E-state index contributed by atoms with van der Waals surface area (Å²) in [5.41, 5.74) is 1.19. The van der Waals surface area contributed by atoms with Gasteiger partial charge in [0.1, 0.15) is 5.54 Å². The number of carbonyl (C=O) groups excluding carboxylic acids is 3. The number of ether oxygens (including phenoxy) is 2. The van der Waals surface area contributed by atoms with Crippen LogP contribution in [0.3, 0.4) is 0 Å². The van der Waals surface area contributed by atoms with Gasteiger partial charge in [-0.25, -0.2) is 15.0 Å². The molecule has 0 aromatic heterocycles. The molecule has 0 unspecified atom stereocenters. The zero-order chi connectivity index (χ0) is 17.5. The first-order valence-electron chi connectivity index (χ1n) is 7.01. The van der Waals surface area contributed by atoms with Crippen LogP contribution in [0.2, 0.25) is 5.02 Å². The zero-order valence-corrected chi connectivity index (χ0v) is 13.9. The third kappa shape index (κ3) is 4.59. The molecule has 0 aliphatic heterocycles. The van der Waals surface area contributed by atoms with Gasteiger partial charge < -0.3 is 14.3 Å². The highest BCUT2D eigenvalue weighted by atomic mass is 35.5. The molecule has 1 aromatic rings. The number of benzene rings is 1. The van der Waals surface area contributed by atoms with Crippen molar-refractivity contribution >= 4 is 30.1 Å². The van der Waals surface area contributed by atoms with E-state index >= 15 is 0 Å². The van der Waals surface area contributed by atoms with Crippen LogP contribution in [0.4, 0.5) is 9.59 Å². The third-order valence-corrected chi connectivity index (χ3v) is 3.30. The molecule has 1 aromatic carbocycles. The molecule has 0 radical (unpaired) electrons. The Balaban J connectivity index is 3.22. The maximum atomic E-state index is 12.2. The van der Waals surface area contributed by atoms with Crippen LogP contribution < -0.4 is 5.43 Å². The van der Waals surface area contributed by atoms with Gasteiger partial charge >= 0.3 is 12.2 Å². The lowest BCUT2D eigenvalue weighted by Crippen LogP contribution is -2.58. The van der Waals surface area contributed by atoms with Gasteiger partial charge in [-0.1, -0.05) is 23.7 Å². The number of nitrogens with zero attached hydrogens (tertiary/aromatic N) is 1. The number of rotatable bonds is 5. The second-order valence-electron chi connectivity index (χ2n) is 4.64.